The molecule has 0 amide bonds. The van der Waals surface area contributed by atoms with Gasteiger partial charge in [-0.2, -0.15) is 0 Å². The topological polar surface area (TPSA) is 75.5 Å². The molecule has 8 nitrogen and oxygen atoms in total. The van der Waals surface area contributed by atoms with E-state index in [0.29, 0.717) is 13.2 Å². The van der Waals surface area contributed by atoms with Gasteiger partial charge in [-0.1, -0.05) is 0 Å². The summed E-state index contributed by atoms with van der Waals surface area (Å²) in [4.78, 5) is 15.0. The second kappa shape index (κ2) is 8.70. The van der Waals surface area contributed by atoms with Crippen LogP contribution in [0.3, 0.4) is 0 Å². The Morgan fingerprint density at radius 2 is 1.57 bits per heavy atom. The Morgan fingerprint density at radius 3 is 2.00 bits per heavy atom. The Bertz CT molecular complexity index is 716. The zero-order valence-corrected chi connectivity index (χ0v) is 18.8. The number of carbonyl (C=O) groups excluding carboxylic acids is 1. The Balaban J connectivity index is 1.87. The van der Waals surface area contributed by atoms with Crippen LogP contribution in [0.5, 0.6) is 5.75 Å². The van der Waals surface area contributed by atoms with Crippen molar-refractivity contribution in [3.63, 3.8) is 0 Å². The highest BCUT2D eigenvalue weighted by molar-refractivity contribution is 5.89. The molecule has 3 rings (SSSR count). The number of carbonyl (C=O) groups is 1. The van der Waals surface area contributed by atoms with E-state index in [1.54, 1.807) is 21.3 Å². The quantitative estimate of drug-likeness (QED) is 0.466. The van der Waals surface area contributed by atoms with E-state index in [4.69, 9.17) is 28.4 Å². The molecule has 0 unspecified atom stereocenters. The van der Waals surface area contributed by atoms with Gasteiger partial charge in [-0.3, -0.25) is 0 Å². The Hall–Kier alpha value is -1.87. The van der Waals surface area contributed by atoms with Crippen molar-refractivity contribution in [3.05, 3.63) is 24.3 Å². The molecule has 0 N–H and O–H groups in total. The van der Waals surface area contributed by atoms with Gasteiger partial charge in [0.25, 0.3) is 0 Å². The highest BCUT2D eigenvalue weighted by Crippen LogP contribution is 2.48. The summed E-state index contributed by atoms with van der Waals surface area (Å²) in [6.07, 6.45) is -0.588. The average Bonchev–Trinajstić information content (AvgIpc) is 3.36. The second-order valence-electron chi connectivity index (χ2n) is 8.77. The van der Waals surface area contributed by atoms with E-state index >= 15 is 0 Å². The normalized spacial score (nSPS) is 27.8. The Labute approximate surface area is 178 Å². The smallest absolute Gasteiger partial charge is 0.331 e. The molecule has 2 aliphatic heterocycles. The molecule has 2 saturated heterocycles. The van der Waals surface area contributed by atoms with Crippen LogP contribution >= 0.6 is 0 Å². The number of hydrogen-bond donors (Lipinski definition) is 0. The van der Waals surface area contributed by atoms with Gasteiger partial charge < -0.3 is 33.3 Å². The van der Waals surface area contributed by atoms with Crippen molar-refractivity contribution < 1.29 is 33.2 Å². The number of methoxy groups -OCH3 is 3. The van der Waals surface area contributed by atoms with E-state index in [2.05, 4.69) is 0 Å². The number of esters is 1. The van der Waals surface area contributed by atoms with E-state index in [-0.39, 0.29) is 24.2 Å². The van der Waals surface area contributed by atoms with Crippen molar-refractivity contribution in [2.75, 3.05) is 39.4 Å². The molecule has 1 aromatic carbocycles. The lowest BCUT2D eigenvalue weighted by Gasteiger charge is -2.24. The van der Waals surface area contributed by atoms with Gasteiger partial charge in [-0.25, -0.2) is 4.79 Å². The first-order valence-corrected chi connectivity index (χ1v) is 10.1. The van der Waals surface area contributed by atoms with Crippen LogP contribution in [-0.2, 0) is 28.5 Å². The van der Waals surface area contributed by atoms with Gasteiger partial charge in [-0.05, 0) is 52.0 Å². The molecule has 1 aromatic rings. The number of nitrogens with zero attached hydrogens (tertiary/aromatic N) is 1. The van der Waals surface area contributed by atoms with Crippen molar-refractivity contribution in [1.82, 2.24) is 0 Å². The first kappa shape index (κ1) is 22.8. The molecule has 0 radical (unpaired) electrons. The van der Waals surface area contributed by atoms with Crippen LogP contribution in [0.25, 0.3) is 0 Å². The third-order valence-electron chi connectivity index (χ3n) is 5.21. The van der Waals surface area contributed by atoms with Gasteiger partial charge in [0.15, 0.2) is 11.8 Å². The highest BCUT2D eigenvalue weighted by Gasteiger charge is 2.67. The van der Waals surface area contributed by atoms with Crippen molar-refractivity contribution >= 4 is 11.7 Å². The number of rotatable bonds is 8. The van der Waals surface area contributed by atoms with E-state index in [1.165, 1.54) is 0 Å². The summed E-state index contributed by atoms with van der Waals surface area (Å²) in [7, 11) is 4.85. The summed E-state index contributed by atoms with van der Waals surface area (Å²) in [5.74, 6) is -0.588. The largest absolute Gasteiger partial charge is 0.497 e. The Morgan fingerprint density at radius 1 is 1.03 bits per heavy atom. The third kappa shape index (κ3) is 4.72. The fourth-order valence-corrected chi connectivity index (χ4v) is 3.98. The molecule has 8 heteroatoms. The van der Waals surface area contributed by atoms with Crippen LogP contribution in [0.15, 0.2) is 24.3 Å². The standard InChI is InChI=1S/C22H33NO7/c1-21(2,3)30-20(24)18-19(23(18)14-8-10-15(27-7)11-9-14)22(4)28-16(12-25-5)17(29-22)13-26-6/h8-11,16-19H,12-13H2,1-7H3/t16-,17-,18-,19+,23?/m0/s1. The van der Waals surface area contributed by atoms with Gasteiger partial charge in [0, 0.05) is 19.9 Å². The molecule has 168 valence electrons. The van der Waals surface area contributed by atoms with E-state index in [1.807, 2.05) is 56.9 Å². The summed E-state index contributed by atoms with van der Waals surface area (Å²) < 4.78 is 34.1. The summed E-state index contributed by atoms with van der Waals surface area (Å²) in [5, 5.41) is 0. The monoisotopic (exact) mass is 423 g/mol. The maximum atomic E-state index is 13.0. The molecule has 2 aliphatic rings. The molecule has 2 heterocycles. The number of anilines is 1. The lowest BCUT2D eigenvalue weighted by Crippen LogP contribution is -2.38. The molecular formula is C22H33NO7. The predicted octanol–water partition coefficient (Wildman–Crippen LogP) is 2.39. The van der Waals surface area contributed by atoms with Gasteiger partial charge >= 0.3 is 5.97 Å². The minimum Gasteiger partial charge on any atom is -0.497 e. The zero-order chi connectivity index (χ0) is 22.1. The van der Waals surface area contributed by atoms with Crippen LogP contribution in [0, 0.1) is 0 Å². The zero-order valence-electron chi connectivity index (χ0n) is 18.8. The molecule has 2 fully saturated rings. The maximum absolute atomic E-state index is 13.0. The van der Waals surface area contributed by atoms with Crippen LogP contribution in [0.1, 0.15) is 27.7 Å². The molecule has 0 bridgehead atoms. The van der Waals surface area contributed by atoms with Crippen LogP contribution in [-0.4, -0.2) is 76.2 Å². The van der Waals surface area contributed by atoms with Crippen LogP contribution < -0.4 is 9.64 Å². The molecular weight excluding hydrogens is 390 g/mol. The lowest BCUT2D eigenvalue weighted by atomic mass is 10.1. The first-order chi connectivity index (χ1) is 14.1. The number of benzene rings is 1. The van der Waals surface area contributed by atoms with Crippen molar-refractivity contribution in [3.8, 4) is 5.75 Å². The first-order valence-electron chi connectivity index (χ1n) is 10.1. The maximum Gasteiger partial charge on any atom is 0.331 e. The second-order valence-corrected chi connectivity index (χ2v) is 8.77. The molecule has 0 spiro atoms. The molecule has 0 aliphatic carbocycles. The van der Waals surface area contributed by atoms with Crippen molar-refractivity contribution in [2.24, 2.45) is 0 Å². The number of hydrogen-bond acceptors (Lipinski definition) is 8. The molecule has 0 saturated carbocycles. The summed E-state index contributed by atoms with van der Waals surface area (Å²) >= 11 is 0. The van der Waals surface area contributed by atoms with Crippen molar-refractivity contribution in [1.29, 1.82) is 0 Å². The molecule has 0 aromatic heterocycles. The van der Waals surface area contributed by atoms with E-state index in [9.17, 15) is 4.79 Å². The fourth-order valence-electron chi connectivity index (χ4n) is 3.98. The van der Waals surface area contributed by atoms with E-state index < -0.39 is 17.4 Å². The molecule has 30 heavy (non-hydrogen) atoms. The van der Waals surface area contributed by atoms with Gasteiger partial charge in [0.2, 0.25) is 0 Å². The van der Waals surface area contributed by atoms with Crippen molar-refractivity contribution in [2.45, 2.75) is 63.4 Å². The van der Waals surface area contributed by atoms with Crippen LogP contribution in [0.2, 0.25) is 0 Å². The predicted molar refractivity (Wildman–Crippen MR) is 111 cm³/mol. The van der Waals surface area contributed by atoms with Gasteiger partial charge in [-0.15, -0.1) is 0 Å². The molecule has 4 atom stereocenters. The minimum absolute atomic E-state index is 0.294. The summed E-state index contributed by atoms with van der Waals surface area (Å²) in [5.41, 5.74) is 0.272. The van der Waals surface area contributed by atoms with E-state index in [0.717, 1.165) is 11.4 Å². The summed E-state index contributed by atoms with van der Waals surface area (Å²) in [6, 6.07) is 6.67. The van der Waals surface area contributed by atoms with Gasteiger partial charge in [0.05, 0.1) is 20.3 Å². The minimum atomic E-state index is -1.02. The summed E-state index contributed by atoms with van der Waals surface area (Å²) in [6.45, 7) is 8.16. The number of ether oxygens (including phenoxy) is 6. The fraction of sp³-hybridized carbons (Fsp3) is 0.682. The third-order valence-corrected chi connectivity index (χ3v) is 5.21. The van der Waals surface area contributed by atoms with Gasteiger partial charge in [0.1, 0.15) is 29.6 Å². The van der Waals surface area contributed by atoms with Crippen LogP contribution in [0.4, 0.5) is 5.69 Å². The Kier molecular flexibility index (Phi) is 6.62. The SMILES string of the molecule is COC[C@@H]1OC(C)([C@H]2[C@@H](C(=O)OC(C)(C)C)N2c2ccc(OC)cc2)O[C@H]1COC. The lowest BCUT2D eigenvalue weighted by molar-refractivity contribution is -0.172. The average molecular weight is 424 g/mol. The highest BCUT2D eigenvalue weighted by atomic mass is 16.8.